The van der Waals surface area contributed by atoms with Crippen LogP contribution in [0.1, 0.15) is 47.5 Å². The molecule has 0 aromatic carbocycles. The standard InChI is InChI=1S/C19H22ClN3OS2/c1-10-4-6-13-14(8-10)26-19-16(13)18(24)21-17(22-19)11(2)23(3)9-12-5-7-15(20)25-12/h5,7,10-11H,4,6,8-9H2,1-3H3,(H,21,22,24)/p+1/t10-,11+/m1/s1. The van der Waals surface area contributed by atoms with E-state index in [1.165, 1.54) is 20.2 Å². The summed E-state index contributed by atoms with van der Waals surface area (Å²) in [5.41, 5.74) is 1.26. The van der Waals surface area contributed by atoms with Gasteiger partial charge in [-0.05, 0) is 49.8 Å². The molecule has 3 heterocycles. The van der Waals surface area contributed by atoms with E-state index < -0.39 is 0 Å². The van der Waals surface area contributed by atoms with Crippen LogP contribution in [0.3, 0.4) is 0 Å². The summed E-state index contributed by atoms with van der Waals surface area (Å²) >= 11 is 9.36. The van der Waals surface area contributed by atoms with Crippen molar-refractivity contribution in [3.05, 3.63) is 48.0 Å². The first-order valence-electron chi connectivity index (χ1n) is 9.03. The second kappa shape index (κ2) is 7.08. The Morgan fingerprint density at radius 3 is 2.96 bits per heavy atom. The maximum Gasteiger partial charge on any atom is 0.260 e. The number of aromatic amines is 1. The lowest BCUT2D eigenvalue weighted by atomic mass is 9.89. The predicted octanol–water partition coefficient (Wildman–Crippen LogP) is 3.60. The van der Waals surface area contributed by atoms with Crippen molar-refractivity contribution in [3.63, 3.8) is 0 Å². The Kier molecular flexibility index (Phi) is 4.94. The van der Waals surface area contributed by atoms with Gasteiger partial charge in [0, 0.05) is 4.88 Å². The molecule has 1 aliphatic carbocycles. The molecule has 4 nitrogen and oxygen atoms in total. The quantitative estimate of drug-likeness (QED) is 0.692. The zero-order valence-corrected chi connectivity index (χ0v) is 17.6. The van der Waals surface area contributed by atoms with E-state index in [9.17, 15) is 4.79 Å². The molecule has 4 rings (SSSR count). The summed E-state index contributed by atoms with van der Waals surface area (Å²) in [6, 6.07) is 4.10. The first-order valence-corrected chi connectivity index (χ1v) is 11.0. The summed E-state index contributed by atoms with van der Waals surface area (Å²) < 4.78 is 0.812. The van der Waals surface area contributed by atoms with Crippen molar-refractivity contribution in [2.45, 2.75) is 45.7 Å². The fourth-order valence-electron chi connectivity index (χ4n) is 3.68. The van der Waals surface area contributed by atoms with Crippen LogP contribution in [0.15, 0.2) is 16.9 Å². The number of hydrogen-bond acceptors (Lipinski definition) is 4. The van der Waals surface area contributed by atoms with Crippen molar-refractivity contribution in [1.82, 2.24) is 9.97 Å². The summed E-state index contributed by atoms with van der Waals surface area (Å²) in [6.07, 6.45) is 3.23. The molecule has 0 amide bonds. The number of aromatic nitrogens is 2. The molecule has 0 aliphatic heterocycles. The predicted molar refractivity (Wildman–Crippen MR) is 110 cm³/mol. The summed E-state index contributed by atoms with van der Waals surface area (Å²) in [5.74, 6) is 1.47. The molecular weight excluding hydrogens is 386 g/mol. The molecule has 2 N–H and O–H groups in total. The summed E-state index contributed by atoms with van der Waals surface area (Å²) in [4.78, 5) is 25.5. The lowest BCUT2D eigenvalue weighted by Crippen LogP contribution is -3.07. The van der Waals surface area contributed by atoms with Gasteiger partial charge in [0.15, 0.2) is 5.82 Å². The highest BCUT2D eigenvalue weighted by atomic mass is 35.5. The normalized spacial score (nSPS) is 19.5. The third kappa shape index (κ3) is 3.36. The van der Waals surface area contributed by atoms with Crippen molar-refractivity contribution in [1.29, 1.82) is 0 Å². The Labute approximate surface area is 165 Å². The molecule has 0 saturated heterocycles. The van der Waals surface area contributed by atoms with Crippen LogP contribution in [0, 0.1) is 5.92 Å². The molecule has 0 fully saturated rings. The van der Waals surface area contributed by atoms with E-state index in [-0.39, 0.29) is 11.6 Å². The SMILES string of the molecule is C[C@@H]1CCc2c(sc3nc([C@H](C)[NH+](C)Cc4ccc(Cl)s4)[nH]c(=O)c23)C1. The van der Waals surface area contributed by atoms with E-state index in [1.54, 1.807) is 22.7 Å². The monoisotopic (exact) mass is 408 g/mol. The maximum absolute atomic E-state index is 12.8. The van der Waals surface area contributed by atoms with Crippen LogP contribution in [-0.2, 0) is 19.4 Å². The molecule has 3 aromatic rings. The Morgan fingerprint density at radius 2 is 2.23 bits per heavy atom. The number of rotatable bonds is 4. The molecule has 138 valence electrons. The number of fused-ring (bicyclic) bond motifs is 3. The zero-order valence-electron chi connectivity index (χ0n) is 15.2. The topological polar surface area (TPSA) is 50.2 Å². The fourth-order valence-corrected chi connectivity index (χ4v) is 6.25. The molecular formula is C19H23ClN3OS2+. The minimum atomic E-state index is 0.0240. The Morgan fingerprint density at radius 1 is 1.42 bits per heavy atom. The number of hydrogen-bond donors (Lipinski definition) is 2. The van der Waals surface area contributed by atoms with Crippen LogP contribution >= 0.6 is 34.3 Å². The Hall–Kier alpha value is -1.21. The number of quaternary nitrogens is 1. The number of halogens is 1. The molecule has 0 spiro atoms. The zero-order chi connectivity index (χ0) is 18.4. The minimum absolute atomic E-state index is 0.0240. The van der Waals surface area contributed by atoms with Gasteiger partial charge in [-0.25, -0.2) is 4.98 Å². The van der Waals surface area contributed by atoms with Crippen molar-refractivity contribution in [3.8, 4) is 0 Å². The van der Waals surface area contributed by atoms with Crippen molar-refractivity contribution >= 4 is 44.5 Å². The highest BCUT2D eigenvalue weighted by molar-refractivity contribution is 7.18. The Bertz CT molecular complexity index is 1010. The number of thiophene rings is 2. The first-order chi connectivity index (χ1) is 12.4. The van der Waals surface area contributed by atoms with Gasteiger partial charge in [-0.2, -0.15) is 0 Å². The van der Waals surface area contributed by atoms with Gasteiger partial charge in [0.1, 0.15) is 17.4 Å². The van der Waals surface area contributed by atoms with Crippen molar-refractivity contribution in [2.24, 2.45) is 5.92 Å². The molecule has 3 aromatic heterocycles. The second-order valence-corrected chi connectivity index (χ2v) is 10.3. The van der Waals surface area contributed by atoms with Gasteiger partial charge in [0.2, 0.25) is 0 Å². The minimum Gasteiger partial charge on any atom is -0.324 e. The van der Waals surface area contributed by atoms with E-state index in [4.69, 9.17) is 16.6 Å². The van der Waals surface area contributed by atoms with Crippen LogP contribution in [0.5, 0.6) is 0 Å². The summed E-state index contributed by atoms with van der Waals surface area (Å²) in [6.45, 7) is 5.26. The average molecular weight is 409 g/mol. The van der Waals surface area contributed by atoms with Gasteiger partial charge in [-0.1, -0.05) is 18.5 Å². The van der Waals surface area contributed by atoms with Crippen LogP contribution < -0.4 is 10.5 Å². The largest absolute Gasteiger partial charge is 0.324 e. The lowest BCUT2D eigenvalue weighted by Gasteiger charge is -2.20. The maximum atomic E-state index is 12.8. The van der Waals surface area contributed by atoms with E-state index in [1.807, 2.05) is 6.07 Å². The van der Waals surface area contributed by atoms with E-state index in [0.29, 0.717) is 5.92 Å². The Balaban J connectivity index is 1.65. The van der Waals surface area contributed by atoms with Gasteiger partial charge < -0.3 is 9.88 Å². The van der Waals surface area contributed by atoms with Gasteiger partial charge in [-0.3, -0.25) is 4.79 Å². The number of nitrogens with zero attached hydrogens (tertiary/aromatic N) is 1. The molecule has 7 heteroatoms. The first kappa shape index (κ1) is 18.2. The molecule has 1 unspecified atom stereocenters. The third-order valence-electron chi connectivity index (χ3n) is 5.42. The van der Waals surface area contributed by atoms with Gasteiger partial charge in [0.05, 0.1) is 21.6 Å². The molecule has 0 radical (unpaired) electrons. The van der Waals surface area contributed by atoms with Crippen molar-refractivity contribution in [2.75, 3.05) is 7.05 Å². The van der Waals surface area contributed by atoms with Crippen LogP contribution in [0.2, 0.25) is 4.34 Å². The number of nitrogens with one attached hydrogen (secondary N) is 2. The van der Waals surface area contributed by atoms with E-state index in [2.05, 4.69) is 31.9 Å². The molecule has 26 heavy (non-hydrogen) atoms. The summed E-state index contributed by atoms with van der Waals surface area (Å²) in [7, 11) is 2.13. The van der Waals surface area contributed by atoms with Gasteiger partial charge in [-0.15, -0.1) is 22.7 Å². The third-order valence-corrected chi connectivity index (χ3v) is 7.79. The lowest BCUT2D eigenvalue weighted by molar-refractivity contribution is -0.924. The van der Waals surface area contributed by atoms with Gasteiger partial charge >= 0.3 is 0 Å². The molecule has 0 saturated carbocycles. The van der Waals surface area contributed by atoms with Crippen LogP contribution in [0.4, 0.5) is 0 Å². The number of H-pyrrole nitrogens is 1. The highest BCUT2D eigenvalue weighted by Crippen LogP contribution is 2.35. The highest BCUT2D eigenvalue weighted by Gasteiger charge is 2.25. The molecule has 3 atom stereocenters. The smallest absolute Gasteiger partial charge is 0.260 e. The van der Waals surface area contributed by atoms with Crippen LogP contribution in [0.25, 0.3) is 10.2 Å². The average Bonchev–Trinajstić information content (AvgIpc) is 3.16. The number of aryl methyl sites for hydroxylation is 1. The molecule has 0 bridgehead atoms. The summed E-state index contributed by atoms with van der Waals surface area (Å²) in [5, 5.41) is 0.829. The fraction of sp³-hybridized carbons (Fsp3) is 0.474. The van der Waals surface area contributed by atoms with E-state index >= 15 is 0 Å². The van der Waals surface area contributed by atoms with E-state index in [0.717, 1.165) is 46.2 Å². The van der Waals surface area contributed by atoms with Crippen molar-refractivity contribution < 1.29 is 4.90 Å². The van der Waals surface area contributed by atoms with Crippen LogP contribution in [-0.4, -0.2) is 17.0 Å². The van der Waals surface area contributed by atoms with Gasteiger partial charge in [0.25, 0.3) is 5.56 Å². The second-order valence-electron chi connectivity index (χ2n) is 7.43. The molecule has 1 aliphatic rings.